The summed E-state index contributed by atoms with van der Waals surface area (Å²) < 4.78 is 2.93. The Morgan fingerprint density at radius 2 is 2.08 bits per heavy atom. The molecule has 130 valence electrons. The summed E-state index contributed by atoms with van der Waals surface area (Å²) >= 11 is 0. The van der Waals surface area contributed by atoms with E-state index < -0.39 is 0 Å². The van der Waals surface area contributed by atoms with Crippen molar-refractivity contribution in [1.82, 2.24) is 29.8 Å². The van der Waals surface area contributed by atoms with Crippen LogP contribution in [0.25, 0.3) is 16.7 Å². The van der Waals surface area contributed by atoms with E-state index >= 15 is 0 Å². The van der Waals surface area contributed by atoms with Gasteiger partial charge in [-0.3, -0.25) is 9.36 Å². The number of tetrazole rings is 1. The third-order valence-corrected chi connectivity index (χ3v) is 4.07. The zero-order valence-corrected chi connectivity index (χ0v) is 13.9. The first-order valence-electron chi connectivity index (χ1n) is 7.93. The third kappa shape index (κ3) is 2.86. The first kappa shape index (κ1) is 15.8. The highest BCUT2D eigenvalue weighted by Gasteiger charge is 2.11. The Hall–Kier alpha value is -3.75. The molecule has 0 aliphatic rings. The average molecular weight is 349 g/mol. The first-order chi connectivity index (χ1) is 12.6. The highest BCUT2D eigenvalue weighted by Crippen LogP contribution is 2.18. The fourth-order valence-electron chi connectivity index (χ4n) is 2.81. The lowest BCUT2D eigenvalue weighted by Crippen LogP contribution is -2.25. The van der Waals surface area contributed by atoms with Crippen LogP contribution in [0.2, 0.25) is 0 Å². The van der Waals surface area contributed by atoms with E-state index in [1.54, 1.807) is 24.3 Å². The molecule has 0 saturated heterocycles. The minimum absolute atomic E-state index is 0.0864. The molecule has 0 saturated carbocycles. The van der Waals surface area contributed by atoms with Gasteiger partial charge in [-0.2, -0.15) is 0 Å². The topological polar surface area (TPSA) is 110 Å². The molecule has 0 radical (unpaired) electrons. The molecular formula is C17H15N7O2. The van der Waals surface area contributed by atoms with Gasteiger partial charge in [-0.15, -0.1) is 5.10 Å². The molecule has 0 spiro atoms. The van der Waals surface area contributed by atoms with Gasteiger partial charge in [-0.05, 0) is 47.2 Å². The third-order valence-electron chi connectivity index (χ3n) is 4.07. The number of imidazole rings is 1. The lowest BCUT2D eigenvalue weighted by atomic mass is 10.2. The van der Waals surface area contributed by atoms with Crippen LogP contribution in [-0.2, 0) is 11.3 Å². The second-order valence-corrected chi connectivity index (χ2v) is 5.84. The standard InChI is InChI=1S/C17H15N7O2/c1-11-6-7-12(8-15(11)24-10-18-21-22-24)19-16(25)9-23-14-5-3-2-4-13(14)20-17(23)26/h2-8,10H,9H2,1H3,(H,19,25)(H,20,26). The number of nitrogens with one attached hydrogen (secondary N) is 2. The van der Waals surface area contributed by atoms with Gasteiger partial charge >= 0.3 is 5.69 Å². The summed E-state index contributed by atoms with van der Waals surface area (Å²) in [7, 11) is 0. The number of aromatic amines is 1. The largest absolute Gasteiger partial charge is 0.326 e. The van der Waals surface area contributed by atoms with Gasteiger partial charge < -0.3 is 10.3 Å². The summed E-state index contributed by atoms with van der Waals surface area (Å²) in [6, 6.07) is 12.7. The van der Waals surface area contributed by atoms with Gasteiger partial charge in [-0.1, -0.05) is 18.2 Å². The number of amides is 1. The van der Waals surface area contributed by atoms with Crippen LogP contribution < -0.4 is 11.0 Å². The molecule has 4 aromatic rings. The zero-order chi connectivity index (χ0) is 18.1. The molecule has 0 bridgehead atoms. The van der Waals surface area contributed by atoms with E-state index in [1.807, 2.05) is 25.1 Å². The van der Waals surface area contributed by atoms with Gasteiger partial charge in [0.25, 0.3) is 0 Å². The maximum Gasteiger partial charge on any atom is 0.326 e. The van der Waals surface area contributed by atoms with Crippen LogP contribution in [0.4, 0.5) is 5.69 Å². The van der Waals surface area contributed by atoms with E-state index in [0.29, 0.717) is 16.7 Å². The number of fused-ring (bicyclic) bond motifs is 1. The molecule has 9 heteroatoms. The Morgan fingerprint density at radius 1 is 1.23 bits per heavy atom. The second-order valence-electron chi connectivity index (χ2n) is 5.84. The minimum Gasteiger partial charge on any atom is -0.324 e. The number of carbonyl (C=O) groups is 1. The summed E-state index contributed by atoms with van der Waals surface area (Å²) in [6.07, 6.45) is 1.49. The van der Waals surface area contributed by atoms with Crippen molar-refractivity contribution in [2.45, 2.75) is 13.5 Å². The number of hydrogen-bond acceptors (Lipinski definition) is 5. The molecule has 2 heterocycles. The van der Waals surface area contributed by atoms with E-state index in [9.17, 15) is 9.59 Å². The van der Waals surface area contributed by atoms with Gasteiger partial charge in [0.1, 0.15) is 12.9 Å². The molecule has 9 nitrogen and oxygen atoms in total. The first-order valence-corrected chi connectivity index (χ1v) is 7.93. The van der Waals surface area contributed by atoms with Crippen LogP contribution in [-0.4, -0.2) is 35.7 Å². The van der Waals surface area contributed by atoms with Gasteiger partial charge in [0, 0.05) is 5.69 Å². The minimum atomic E-state index is -0.320. The fourth-order valence-corrected chi connectivity index (χ4v) is 2.81. The summed E-state index contributed by atoms with van der Waals surface area (Å²) in [5, 5.41) is 13.9. The van der Waals surface area contributed by atoms with E-state index in [0.717, 1.165) is 11.3 Å². The van der Waals surface area contributed by atoms with Crippen LogP contribution in [0.3, 0.4) is 0 Å². The van der Waals surface area contributed by atoms with Gasteiger partial charge in [0.15, 0.2) is 0 Å². The van der Waals surface area contributed by atoms with Gasteiger partial charge in [0.05, 0.1) is 16.7 Å². The number of benzene rings is 2. The quantitative estimate of drug-likeness (QED) is 0.576. The fraction of sp³-hybridized carbons (Fsp3) is 0.118. The number of aromatic nitrogens is 6. The Labute approximate surface area is 147 Å². The lowest BCUT2D eigenvalue weighted by molar-refractivity contribution is -0.116. The Kier molecular flexibility index (Phi) is 3.81. The zero-order valence-electron chi connectivity index (χ0n) is 13.9. The lowest BCUT2D eigenvalue weighted by Gasteiger charge is -2.10. The molecule has 0 atom stereocenters. The van der Waals surface area contributed by atoms with E-state index in [2.05, 4.69) is 25.8 Å². The summed E-state index contributed by atoms with van der Waals surface area (Å²) in [6.45, 7) is 1.84. The predicted molar refractivity (Wildman–Crippen MR) is 95.1 cm³/mol. The molecule has 0 aliphatic heterocycles. The van der Waals surface area contributed by atoms with Crippen molar-refractivity contribution in [3.05, 3.63) is 64.8 Å². The number of para-hydroxylation sites is 2. The van der Waals surface area contributed by atoms with Crippen LogP contribution in [0.1, 0.15) is 5.56 Å². The Morgan fingerprint density at radius 3 is 2.88 bits per heavy atom. The van der Waals surface area contributed by atoms with Crippen LogP contribution in [0, 0.1) is 6.92 Å². The van der Waals surface area contributed by atoms with Crippen molar-refractivity contribution in [2.75, 3.05) is 5.32 Å². The van der Waals surface area contributed by atoms with E-state index in [4.69, 9.17) is 0 Å². The Bertz CT molecular complexity index is 1140. The van der Waals surface area contributed by atoms with Crippen molar-refractivity contribution in [2.24, 2.45) is 0 Å². The van der Waals surface area contributed by atoms with Crippen LogP contribution >= 0.6 is 0 Å². The number of rotatable bonds is 4. The normalized spacial score (nSPS) is 11.0. The number of hydrogen-bond donors (Lipinski definition) is 2. The maximum atomic E-state index is 12.4. The smallest absolute Gasteiger partial charge is 0.324 e. The van der Waals surface area contributed by atoms with Crippen LogP contribution in [0.5, 0.6) is 0 Å². The van der Waals surface area contributed by atoms with Crippen molar-refractivity contribution < 1.29 is 4.79 Å². The monoisotopic (exact) mass is 349 g/mol. The van der Waals surface area contributed by atoms with Crippen molar-refractivity contribution in [1.29, 1.82) is 0 Å². The molecule has 2 N–H and O–H groups in total. The molecule has 4 rings (SSSR count). The average Bonchev–Trinajstić information content (AvgIpc) is 3.26. The molecule has 2 aromatic heterocycles. The molecule has 26 heavy (non-hydrogen) atoms. The number of carbonyl (C=O) groups excluding carboxylic acids is 1. The number of nitrogens with zero attached hydrogens (tertiary/aromatic N) is 5. The highest BCUT2D eigenvalue weighted by atomic mass is 16.2. The van der Waals surface area contributed by atoms with Crippen LogP contribution in [0.15, 0.2) is 53.6 Å². The van der Waals surface area contributed by atoms with Crippen molar-refractivity contribution in [3.8, 4) is 5.69 Å². The summed E-state index contributed by atoms with van der Waals surface area (Å²) in [5.74, 6) is -0.302. The summed E-state index contributed by atoms with van der Waals surface area (Å²) in [4.78, 5) is 27.2. The second kappa shape index (κ2) is 6.28. The number of H-pyrrole nitrogens is 1. The molecule has 2 aromatic carbocycles. The molecule has 0 unspecified atom stereocenters. The molecule has 0 aliphatic carbocycles. The summed E-state index contributed by atoms with van der Waals surface area (Å²) in [5.41, 5.74) is 3.38. The van der Waals surface area contributed by atoms with Crippen molar-refractivity contribution >= 4 is 22.6 Å². The number of anilines is 1. The maximum absolute atomic E-state index is 12.4. The highest BCUT2D eigenvalue weighted by molar-refractivity contribution is 5.92. The van der Waals surface area contributed by atoms with E-state index in [-0.39, 0.29) is 18.1 Å². The van der Waals surface area contributed by atoms with Crippen molar-refractivity contribution in [3.63, 3.8) is 0 Å². The molecular weight excluding hydrogens is 334 g/mol. The number of aryl methyl sites for hydroxylation is 1. The van der Waals surface area contributed by atoms with Gasteiger partial charge in [0.2, 0.25) is 5.91 Å². The van der Waals surface area contributed by atoms with E-state index in [1.165, 1.54) is 15.6 Å². The molecule has 0 fully saturated rings. The molecule has 1 amide bonds. The predicted octanol–water partition coefficient (Wildman–Crippen LogP) is 1.25. The van der Waals surface area contributed by atoms with Gasteiger partial charge in [-0.25, -0.2) is 9.48 Å². The SMILES string of the molecule is Cc1ccc(NC(=O)Cn2c(=O)[nH]c3ccccc32)cc1-n1cnnn1. The Balaban J connectivity index is 1.58.